The summed E-state index contributed by atoms with van der Waals surface area (Å²) in [7, 11) is 0. The molecule has 90 valence electrons. The number of hydrogen-bond acceptors (Lipinski definition) is 3. The molecule has 0 aliphatic carbocycles. The Morgan fingerprint density at radius 3 is 2.47 bits per heavy atom. The Hall–Kier alpha value is -2.37. The van der Waals surface area contributed by atoms with Gasteiger partial charge in [0, 0.05) is 12.0 Å². The molecule has 1 aromatic rings. The zero-order chi connectivity index (χ0) is 12.7. The Balaban J connectivity index is 2.41. The molecule has 0 spiro atoms. The van der Waals surface area contributed by atoms with Crippen LogP contribution in [0.1, 0.15) is 22.3 Å². The molecule has 6 heteroatoms. The van der Waals surface area contributed by atoms with Crippen molar-refractivity contribution in [3.05, 3.63) is 35.4 Å². The van der Waals surface area contributed by atoms with E-state index in [1.165, 1.54) is 0 Å². The Kier molecular flexibility index (Phi) is 4.68. The summed E-state index contributed by atoms with van der Waals surface area (Å²) in [5.74, 6) is -0.452. The quantitative estimate of drug-likeness (QED) is 0.282. The van der Waals surface area contributed by atoms with E-state index in [2.05, 4.69) is 10.5 Å². The van der Waals surface area contributed by atoms with Gasteiger partial charge in [-0.25, -0.2) is 5.43 Å². The molecule has 0 bridgehead atoms. The van der Waals surface area contributed by atoms with Crippen molar-refractivity contribution in [2.45, 2.75) is 12.8 Å². The summed E-state index contributed by atoms with van der Waals surface area (Å²) in [6.07, 6.45) is 1.61. The minimum Gasteiger partial charge on any atom is -0.369 e. The van der Waals surface area contributed by atoms with E-state index in [0.717, 1.165) is 11.8 Å². The van der Waals surface area contributed by atoms with Gasteiger partial charge in [-0.05, 0) is 12.0 Å². The second kappa shape index (κ2) is 6.26. The number of hydrazone groups is 1. The maximum Gasteiger partial charge on any atom is 0.240 e. The first-order valence-corrected chi connectivity index (χ1v) is 5.03. The lowest BCUT2D eigenvalue weighted by Gasteiger charge is -2.01. The van der Waals surface area contributed by atoms with E-state index in [9.17, 15) is 9.59 Å². The third kappa shape index (κ3) is 4.78. The predicted octanol–water partition coefficient (Wildman–Crippen LogP) is -0.264. The molecule has 5 N–H and O–H groups in total. The van der Waals surface area contributed by atoms with Crippen molar-refractivity contribution in [1.82, 2.24) is 5.43 Å². The molecule has 6 nitrogen and oxygen atoms in total. The van der Waals surface area contributed by atoms with Crippen LogP contribution >= 0.6 is 0 Å². The van der Waals surface area contributed by atoms with E-state index in [1.807, 2.05) is 0 Å². The highest BCUT2D eigenvalue weighted by atomic mass is 16.2. The third-order valence-electron chi connectivity index (χ3n) is 2.07. The highest BCUT2D eigenvalue weighted by molar-refractivity contribution is 5.80. The zero-order valence-corrected chi connectivity index (χ0v) is 9.22. The lowest BCUT2D eigenvalue weighted by Crippen LogP contribution is -2.29. The molecule has 0 saturated carbocycles. The number of nitrogens with zero attached hydrogens (tertiary/aromatic N) is 1. The lowest BCUT2D eigenvalue weighted by molar-refractivity contribution is -0.121. The molecule has 0 fully saturated rings. The van der Waals surface area contributed by atoms with Crippen molar-refractivity contribution < 1.29 is 9.59 Å². The van der Waals surface area contributed by atoms with Gasteiger partial charge in [0.2, 0.25) is 11.9 Å². The molecule has 0 aliphatic rings. The minimum atomic E-state index is -0.266. The van der Waals surface area contributed by atoms with Crippen LogP contribution in [0, 0.1) is 0 Å². The van der Waals surface area contributed by atoms with Crippen LogP contribution in [-0.4, -0.2) is 18.2 Å². The van der Waals surface area contributed by atoms with Crippen LogP contribution in [0.3, 0.4) is 0 Å². The number of guanidine groups is 1. The summed E-state index contributed by atoms with van der Waals surface area (Å²) in [5.41, 5.74) is 13.9. The number of nitrogens with two attached hydrogens (primary N) is 2. The second-order valence-corrected chi connectivity index (χ2v) is 3.43. The number of aryl methyl sites for hydroxylation is 1. The number of carbonyl (C=O) groups excluding carboxylic acids is 2. The molecule has 0 aromatic heterocycles. The van der Waals surface area contributed by atoms with E-state index >= 15 is 0 Å². The first-order valence-electron chi connectivity index (χ1n) is 5.03. The Bertz CT molecular complexity index is 422. The fraction of sp³-hybridized carbons (Fsp3) is 0.182. The van der Waals surface area contributed by atoms with Crippen molar-refractivity contribution in [3.63, 3.8) is 0 Å². The molecule has 0 unspecified atom stereocenters. The Labute approximate surface area is 98.7 Å². The fourth-order valence-electron chi connectivity index (χ4n) is 1.20. The van der Waals surface area contributed by atoms with E-state index in [1.54, 1.807) is 24.3 Å². The molecule has 1 amide bonds. The van der Waals surface area contributed by atoms with E-state index in [4.69, 9.17) is 11.5 Å². The summed E-state index contributed by atoms with van der Waals surface area (Å²) in [4.78, 5) is 21.7. The molecule has 0 radical (unpaired) electrons. The second-order valence-electron chi connectivity index (χ2n) is 3.43. The van der Waals surface area contributed by atoms with E-state index < -0.39 is 0 Å². The van der Waals surface area contributed by atoms with Gasteiger partial charge in [0.15, 0.2) is 0 Å². The van der Waals surface area contributed by atoms with Gasteiger partial charge >= 0.3 is 0 Å². The largest absolute Gasteiger partial charge is 0.369 e. The highest BCUT2D eigenvalue weighted by Crippen LogP contribution is 2.05. The van der Waals surface area contributed by atoms with Crippen molar-refractivity contribution in [3.8, 4) is 0 Å². The van der Waals surface area contributed by atoms with Gasteiger partial charge in [0.05, 0.1) is 0 Å². The number of nitrogens with one attached hydrogen (secondary N) is 1. The average molecular weight is 234 g/mol. The summed E-state index contributed by atoms with van der Waals surface area (Å²) in [6.45, 7) is 0. The SMILES string of the molecule is NC(N)=NNC(=O)CCc1ccc(C=O)cc1. The third-order valence-corrected chi connectivity index (χ3v) is 2.07. The first-order chi connectivity index (χ1) is 8.11. The van der Waals surface area contributed by atoms with E-state index in [-0.39, 0.29) is 18.3 Å². The smallest absolute Gasteiger partial charge is 0.240 e. The molecule has 0 heterocycles. The molecule has 1 aromatic carbocycles. The minimum absolute atomic E-state index is 0.186. The Morgan fingerprint density at radius 1 is 1.29 bits per heavy atom. The lowest BCUT2D eigenvalue weighted by atomic mass is 10.1. The topological polar surface area (TPSA) is 111 Å². The number of amides is 1. The highest BCUT2D eigenvalue weighted by Gasteiger charge is 2.01. The van der Waals surface area contributed by atoms with Gasteiger partial charge < -0.3 is 11.5 Å². The monoisotopic (exact) mass is 234 g/mol. The van der Waals surface area contributed by atoms with Crippen LogP contribution in [0.4, 0.5) is 0 Å². The average Bonchev–Trinajstić information content (AvgIpc) is 2.34. The first kappa shape index (κ1) is 12.7. The molecular weight excluding hydrogens is 220 g/mol. The molecule has 0 aliphatic heterocycles. The van der Waals surface area contributed by atoms with Crippen LogP contribution in [-0.2, 0) is 11.2 Å². The van der Waals surface area contributed by atoms with Crippen LogP contribution in [0.15, 0.2) is 29.4 Å². The number of rotatable bonds is 5. The van der Waals surface area contributed by atoms with Crippen molar-refractivity contribution in [1.29, 1.82) is 0 Å². The van der Waals surface area contributed by atoms with Gasteiger partial charge in [0.1, 0.15) is 6.29 Å². The van der Waals surface area contributed by atoms with Crippen molar-refractivity contribution >= 4 is 18.2 Å². The number of carbonyl (C=O) groups is 2. The van der Waals surface area contributed by atoms with E-state index in [0.29, 0.717) is 12.0 Å². The van der Waals surface area contributed by atoms with Crippen LogP contribution < -0.4 is 16.9 Å². The standard InChI is InChI=1S/C11H14N4O2/c12-11(13)15-14-10(17)6-5-8-1-3-9(7-16)4-2-8/h1-4,7H,5-6H2,(H,14,17)(H4,12,13,15). The van der Waals surface area contributed by atoms with Gasteiger partial charge in [-0.2, -0.15) is 0 Å². The Morgan fingerprint density at radius 2 is 1.94 bits per heavy atom. The molecule has 0 atom stereocenters. The number of benzene rings is 1. The summed E-state index contributed by atoms with van der Waals surface area (Å²) in [6, 6.07) is 7.02. The van der Waals surface area contributed by atoms with Crippen molar-refractivity contribution in [2.75, 3.05) is 0 Å². The zero-order valence-electron chi connectivity index (χ0n) is 9.22. The molecule has 0 saturated heterocycles. The van der Waals surface area contributed by atoms with Gasteiger partial charge in [-0.15, -0.1) is 5.10 Å². The number of hydrogen-bond donors (Lipinski definition) is 3. The maximum atomic E-state index is 11.3. The maximum absolute atomic E-state index is 11.3. The van der Waals surface area contributed by atoms with Gasteiger partial charge in [0.25, 0.3) is 0 Å². The molecule has 1 rings (SSSR count). The summed E-state index contributed by atoms with van der Waals surface area (Å²) >= 11 is 0. The van der Waals surface area contributed by atoms with Gasteiger partial charge in [-0.3, -0.25) is 9.59 Å². The van der Waals surface area contributed by atoms with Gasteiger partial charge in [-0.1, -0.05) is 24.3 Å². The molecule has 17 heavy (non-hydrogen) atoms. The van der Waals surface area contributed by atoms with Crippen LogP contribution in [0.25, 0.3) is 0 Å². The number of aldehydes is 1. The van der Waals surface area contributed by atoms with Crippen LogP contribution in [0.2, 0.25) is 0 Å². The summed E-state index contributed by atoms with van der Waals surface area (Å²) < 4.78 is 0. The van der Waals surface area contributed by atoms with Crippen LogP contribution in [0.5, 0.6) is 0 Å². The van der Waals surface area contributed by atoms with Crippen molar-refractivity contribution in [2.24, 2.45) is 16.6 Å². The summed E-state index contributed by atoms with van der Waals surface area (Å²) in [5, 5.41) is 3.39. The predicted molar refractivity (Wildman–Crippen MR) is 64.1 cm³/mol. The normalized spacial score (nSPS) is 9.41. The fourth-order valence-corrected chi connectivity index (χ4v) is 1.20. The molecular formula is C11H14N4O2.